The first-order valence-corrected chi connectivity index (χ1v) is 11.1. The lowest BCUT2D eigenvalue weighted by Gasteiger charge is -2.09. The molecular weight excluding hydrogens is 440 g/mol. The summed E-state index contributed by atoms with van der Waals surface area (Å²) in [5, 5.41) is 8.05. The van der Waals surface area contributed by atoms with Crippen molar-refractivity contribution in [3.63, 3.8) is 0 Å². The van der Waals surface area contributed by atoms with Gasteiger partial charge in [-0.3, -0.25) is 19.0 Å². The molecule has 0 radical (unpaired) electrons. The highest BCUT2D eigenvalue weighted by atomic mass is 32.1. The van der Waals surface area contributed by atoms with Crippen LogP contribution < -0.4 is 16.4 Å². The molecule has 3 heterocycles. The molecule has 33 heavy (non-hydrogen) atoms. The molecule has 4 aromatic rings. The Morgan fingerprint density at radius 3 is 2.52 bits per heavy atom. The normalized spacial score (nSPS) is 10.8. The second-order valence-electron chi connectivity index (χ2n) is 7.38. The zero-order valence-electron chi connectivity index (χ0n) is 18.2. The zero-order chi connectivity index (χ0) is 23.4. The van der Waals surface area contributed by atoms with Gasteiger partial charge in [0.1, 0.15) is 12.2 Å². The molecule has 0 atom stereocenters. The Hall–Kier alpha value is -3.92. The summed E-state index contributed by atoms with van der Waals surface area (Å²) in [7, 11) is 0. The summed E-state index contributed by atoms with van der Waals surface area (Å²) in [5.41, 5.74) is 2.33. The van der Waals surface area contributed by atoms with Gasteiger partial charge in [-0.05, 0) is 19.9 Å². The van der Waals surface area contributed by atoms with Crippen LogP contribution in [0.15, 0.2) is 64.4 Å². The van der Waals surface area contributed by atoms with Gasteiger partial charge in [-0.1, -0.05) is 30.3 Å². The molecule has 1 amide bonds. The standard InChI is InChI=1S/C23H22N6O3S/c1-15-23(33-16(2)26-15)18-8-9-21(31)29(27-18)11-10-24-20(30)13-28-14-25-19(12-22(28)32)17-6-4-3-5-7-17/h3-9,12,14H,10-11,13H2,1-2H3,(H,24,30). The fraction of sp³-hybridized carbons (Fsp3) is 0.217. The van der Waals surface area contributed by atoms with Gasteiger partial charge in [0.2, 0.25) is 5.91 Å². The number of aromatic nitrogens is 5. The summed E-state index contributed by atoms with van der Waals surface area (Å²) in [4.78, 5) is 46.4. The smallest absolute Gasteiger partial charge is 0.266 e. The largest absolute Gasteiger partial charge is 0.353 e. The Balaban J connectivity index is 1.37. The lowest BCUT2D eigenvalue weighted by atomic mass is 10.1. The molecule has 9 nitrogen and oxygen atoms in total. The van der Waals surface area contributed by atoms with Gasteiger partial charge in [-0.25, -0.2) is 14.6 Å². The molecule has 0 unspecified atom stereocenters. The van der Waals surface area contributed by atoms with Crippen molar-refractivity contribution in [1.29, 1.82) is 0 Å². The van der Waals surface area contributed by atoms with Crippen LogP contribution >= 0.6 is 11.3 Å². The van der Waals surface area contributed by atoms with E-state index in [9.17, 15) is 14.4 Å². The molecular formula is C23H22N6O3S. The third-order valence-corrected chi connectivity index (χ3v) is 6.01. The SMILES string of the molecule is Cc1nc(C)c(-c2ccc(=O)n(CCNC(=O)Cn3cnc(-c4ccccc4)cc3=O)n2)s1. The van der Waals surface area contributed by atoms with E-state index in [1.54, 1.807) is 6.07 Å². The fourth-order valence-electron chi connectivity index (χ4n) is 3.32. The van der Waals surface area contributed by atoms with Crippen molar-refractivity contribution in [1.82, 2.24) is 29.6 Å². The highest BCUT2D eigenvalue weighted by Gasteiger charge is 2.11. The van der Waals surface area contributed by atoms with E-state index in [4.69, 9.17) is 0 Å². The number of thiazole rings is 1. The summed E-state index contributed by atoms with van der Waals surface area (Å²) in [6, 6.07) is 13.9. The number of amides is 1. The van der Waals surface area contributed by atoms with Crippen LogP contribution in [0.25, 0.3) is 21.8 Å². The molecule has 0 aliphatic carbocycles. The van der Waals surface area contributed by atoms with E-state index in [1.807, 2.05) is 44.2 Å². The van der Waals surface area contributed by atoms with Crippen molar-refractivity contribution in [2.75, 3.05) is 6.54 Å². The predicted molar refractivity (Wildman–Crippen MR) is 126 cm³/mol. The molecule has 0 saturated carbocycles. The molecule has 0 bridgehead atoms. The van der Waals surface area contributed by atoms with Crippen molar-refractivity contribution in [2.24, 2.45) is 0 Å². The number of carbonyl (C=O) groups is 1. The summed E-state index contributed by atoms with van der Waals surface area (Å²) >= 11 is 1.52. The molecule has 0 fully saturated rings. The van der Waals surface area contributed by atoms with E-state index < -0.39 is 0 Å². The number of hydrogen-bond donors (Lipinski definition) is 1. The lowest BCUT2D eigenvalue weighted by molar-refractivity contribution is -0.121. The highest BCUT2D eigenvalue weighted by Crippen LogP contribution is 2.27. The number of benzene rings is 1. The van der Waals surface area contributed by atoms with Gasteiger partial charge in [0.05, 0.1) is 34.1 Å². The molecule has 168 valence electrons. The maximum absolute atomic E-state index is 12.4. The van der Waals surface area contributed by atoms with Gasteiger partial charge in [0.15, 0.2) is 0 Å². The van der Waals surface area contributed by atoms with Crippen LogP contribution in [0, 0.1) is 13.8 Å². The number of aryl methyl sites for hydroxylation is 2. The fourth-order valence-corrected chi connectivity index (χ4v) is 4.21. The zero-order valence-corrected chi connectivity index (χ0v) is 19.0. The number of carbonyl (C=O) groups excluding carboxylic acids is 1. The summed E-state index contributed by atoms with van der Waals surface area (Å²) in [6.07, 6.45) is 1.36. The second-order valence-corrected chi connectivity index (χ2v) is 8.59. The van der Waals surface area contributed by atoms with E-state index in [2.05, 4.69) is 20.4 Å². The second kappa shape index (κ2) is 9.70. The molecule has 0 saturated heterocycles. The summed E-state index contributed by atoms with van der Waals surface area (Å²) in [6.45, 7) is 4.06. The Morgan fingerprint density at radius 2 is 1.82 bits per heavy atom. The molecule has 0 aliphatic heterocycles. The van der Waals surface area contributed by atoms with Crippen molar-refractivity contribution >= 4 is 17.2 Å². The third kappa shape index (κ3) is 5.29. The average Bonchev–Trinajstić information content (AvgIpc) is 3.15. The van der Waals surface area contributed by atoms with Crippen molar-refractivity contribution in [3.05, 3.63) is 86.3 Å². The van der Waals surface area contributed by atoms with E-state index in [0.717, 1.165) is 21.1 Å². The molecule has 1 aromatic carbocycles. The van der Waals surface area contributed by atoms with Crippen LogP contribution in [0.5, 0.6) is 0 Å². The van der Waals surface area contributed by atoms with Gasteiger partial charge >= 0.3 is 0 Å². The van der Waals surface area contributed by atoms with Crippen LogP contribution in [-0.4, -0.2) is 36.8 Å². The Kier molecular flexibility index (Phi) is 6.55. The molecule has 10 heteroatoms. The van der Waals surface area contributed by atoms with E-state index >= 15 is 0 Å². The maximum atomic E-state index is 12.4. The number of nitrogens with zero attached hydrogens (tertiary/aromatic N) is 5. The first-order valence-electron chi connectivity index (χ1n) is 10.3. The van der Waals surface area contributed by atoms with E-state index in [1.165, 1.54) is 39.0 Å². The highest BCUT2D eigenvalue weighted by molar-refractivity contribution is 7.15. The molecule has 3 aromatic heterocycles. The maximum Gasteiger partial charge on any atom is 0.266 e. The quantitative estimate of drug-likeness (QED) is 0.450. The predicted octanol–water partition coefficient (Wildman–Crippen LogP) is 2.02. The van der Waals surface area contributed by atoms with Gasteiger partial charge in [-0.2, -0.15) is 5.10 Å². The van der Waals surface area contributed by atoms with Gasteiger partial charge in [-0.15, -0.1) is 11.3 Å². The van der Waals surface area contributed by atoms with Crippen molar-refractivity contribution < 1.29 is 4.79 Å². The third-order valence-electron chi connectivity index (χ3n) is 4.91. The Bertz CT molecular complexity index is 1410. The van der Waals surface area contributed by atoms with E-state index in [0.29, 0.717) is 11.4 Å². The topological polar surface area (TPSA) is 112 Å². The van der Waals surface area contributed by atoms with Gasteiger partial charge in [0, 0.05) is 24.2 Å². The van der Waals surface area contributed by atoms with Crippen molar-refractivity contribution in [2.45, 2.75) is 26.9 Å². The monoisotopic (exact) mass is 462 g/mol. The molecule has 1 N–H and O–H groups in total. The first kappa shape index (κ1) is 22.3. The van der Waals surface area contributed by atoms with Crippen LogP contribution in [0.1, 0.15) is 10.7 Å². The van der Waals surface area contributed by atoms with Crippen LogP contribution in [0.4, 0.5) is 0 Å². The van der Waals surface area contributed by atoms with Crippen LogP contribution in [0.2, 0.25) is 0 Å². The summed E-state index contributed by atoms with van der Waals surface area (Å²) in [5.74, 6) is -0.357. The molecule has 0 spiro atoms. The Morgan fingerprint density at radius 1 is 1.03 bits per heavy atom. The van der Waals surface area contributed by atoms with Gasteiger partial charge < -0.3 is 5.32 Å². The number of hydrogen-bond acceptors (Lipinski definition) is 7. The first-order chi connectivity index (χ1) is 15.9. The summed E-state index contributed by atoms with van der Waals surface area (Å²) < 4.78 is 2.55. The minimum Gasteiger partial charge on any atom is -0.353 e. The average molecular weight is 463 g/mol. The molecule has 4 rings (SSSR count). The van der Waals surface area contributed by atoms with Crippen LogP contribution in [0.3, 0.4) is 0 Å². The van der Waals surface area contributed by atoms with Gasteiger partial charge in [0.25, 0.3) is 11.1 Å². The van der Waals surface area contributed by atoms with Crippen LogP contribution in [-0.2, 0) is 17.9 Å². The lowest BCUT2D eigenvalue weighted by Crippen LogP contribution is -2.35. The minimum atomic E-state index is -0.357. The van der Waals surface area contributed by atoms with E-state index in [-0.39, 0.29) is 36.7 Å². The number of nitrogens with one attached hydrogen (secondary N) is 1. The van der Waals surface area contributed by atoms with Crippen molar-refractivity contribution in [3.8, 4) is 21.8 Å². The number of rotatable bonds is 7. The minimum absolute atomic E-state index is 0.164. The molecule has 0 aliphatic rings. The Labute approximate surface area is 193 Å².